The Kier molecular flexibility index (Phi) is 8.44. The molecule has 0 bridgehead atoms. The first-order valence-corrected chi connectivity index (χ1v) is 9.43. The topological polar surface area (TPSA) is 71.8 Å². The van der Waals surface area contributed by atoms with Gasteiger partial charge in [-0.1, -0.05) is 17.8 Å². The van der Waals surface area contributed by atoms with Gasteiger partial charge in [-0.2, -0.15) is 0 Å². The molecule has 1 aromatic rings. The predicted octanol–water partition coefficient (Wildman–Crippen LogP) is 2.75. The molecule has 1 saturated heterocycles. The average Bonchev–Trinajstić information content (AvgIpc) is 2.90. The first-order valence-electron chi connectivity index (χ1n) is 8.55. The zero-order valence-electron chi connectivity index (χ0n) is 15.5. The van der Waals surface area contributed by atoms with Crippen molar-refractivity contribution in [3.8, 4) is 0 Å². The highest BCUT2D eigenvalue weighted by molar-refractivity contribution is 8.00. The molecule has 142 valence electrons. The molecule has 0 aromatic carbocycles. The molecule has 25 heavy (non-hydrogen) atoms. The molecule has 0 radical (unpaired) electrons. The quantitative estimate of drug-likeness (QED) is 0.580. The van der Waals surface area contributed by atoms with Crippen molar-refractivity contribution < 1.29 is 4.79 Å². The summed E-state index contributed by atoms with van der Waals surface area (Å²) >= 11 is 1.46. The summed E-state index contributed by atoms with van der Waals surface area (Å²) in [5, 5.41) is 15.7. The Morgan fingerprint density at radius 3 is 2.64 bits per heavy atom. The third-order valence-corrected chi connectivity index (χ3v) is 4.99. The van der Waals surface area contributed by atoms with E-state index >= 15 is 0 Å². The third kappa shape index (κ3) is 6.31. The first kappa shape index (κ1) is 22.0. The predicted molar refractivity (Wildman–Crippen MR) is 106 cm³/mol. The Morgan fingerprint density at radius 1 is 1.44 bits per heavy atom. The molecule has 1 atom stereocenters. The van der Waals surface area contributed by atoms with Crippen LogP contribution in [0, 0.1) is 0 Å². The number of nitrogens with one attached hydrogen (secondary N) is 2. The summed E-state index contributed by atoms with van der Waals surface area (Å²) < 4.78 is 2.11. The van der Waals surface area contributed by atoms with Gasteiger partial charge >= 0.3 is 0 Å². The van der Waals surface area contributed by atoms with Gasteiger partial charge in [0.05, 0.1) is 5.25 Å². The first-order chi connectivity index (χ1) is 11.3. The van der Waals surface area contributed by atoms with Crippen molar-refractivity contribution in [2.45, 2.75) is 68.9 Å². The van der Waals surface area contributed by atoms with Crippen molar-refractivity contribution in [3.05, 3.63) is 18.5 Å². The van der Waals surface area contributed by atoms with Crippen molar-refractivity contribution >= 4 is 30.1 Å². The van der Waals surface area contributed by atoms with Crippen LogP contribution in [-0.2, 0) is 11.3 Å². The number of hydrogen-bond acceptors (Lipinski definition) is 5. The zero-order chi connectivity index (χ0) is 17.7. The molecule has 2 heterocycles. The van der Waals surface area contributed by atoms with Crippen molar-refractivity contribution in [2.75, 3.05) is 13.1 Å². The molecule has 1 unspecified atom stereocenters. The number of allylic oxidation sites excluding steroid dienone is 1. The molecular formula is C17H30ClN5OS. The number of nitrogens with zero attached hydrogens (tertiary/aromatic N) is 3. The van der Waals surface area contributed by atoms with E-state index in [2.05, 4.69) is 32.0 Å². The Morgan fingerprint density at radius 2 is 2.08 bits per heavy atom. The molecule has 0 saturated carbocycles. The van der Waals surface area contributed by atoms with E-state index in [0.717, 1.165) is 36.9 Å². The monoisotopic (exact) mass is 387 g/mol. The van der Waals surface area contributed by atoms with Gasteiger partial charge in [0.15, 0.2) is 5.16 Å². The number of thioether (sulfide) groups is 1. The minimum Gasteiger partial charge on any atom is -0.351 e. The van der Waals surface area contributed by atoms with Crippen molar-refractivity contribution in [2.24, 2.45) is 0 Å². The molecular weight excluding hydrogens is 358 g/mol. The molecule has 1 fully saturated rings. The van der Waals surface area contributed by atoms with Crippen LogP contribution in [0.15, 0.2) is 17.8 Å². The molecule has 1 aliphatic rings. The van der Waals surface area contributed by atoms with Gasteiger partial charge in [0, 0.05) is 18.0 Å². The van der Waals surface area contributed by atoms with Crippen LogP contribution in [0.4, 0.5) is 0 Å². The Labute approximate surface area is 161 Å². The van der Waals surface area contributed by atoms with Crippen molar-refractivity contribution in [1.82, 2.24) is 25.4 Å². The molecule has 1 amide bonds. The second-order valence-corrected chi connectivity index (χ2v) is 8.57. The average molecular weight is 388 g/mol. The van der Waals surface area contributed by atoms with Crippen LogP contribution >= 0.6 is 24.2 Å². The molecule has 2 N–H and O–H groups in total. The van der Waals surface area contributed by atoms with Crippen LogP contribution in [0.25, 0.3) is 0 Å². The second kappa shape index (κ2) is 9.59. The smallest absolute Gasteiger partial charge is 0.233 e. The van der Waals surface area contributed by atoms with E-state index in [1.54, 1.807) is 0 Å². The van der Waals surface area contributed by atoms with Crippen LogP contribution in [0.5, 0.6) is 0 Å². The summed E-state index contributed by atoms with van der Waals surface area (Å²) in [6.45, 7) is 14.4. The van der Waals surface area contributed by atoms with Crippen LogP contribution in [0.3, 0.4) is 0 Å². The van der Waals surface area contributed by atoms with E-state index in [1.165, 1.54) is 11.8 Å². The maximum atomic E-state index is 12.3. The maximum Gasteiger partial charge on any atom is 0.233 e. The fraction of sp³-hybridized carbons (Fsp3) is 0.706. The number of hydrogen-bond donors (Lipinski definition) is 2. The fourth-order valence-electron chi connectivity index (χ4n) is 2.75. The highest BCUT2D eigenvalue weighted by atomic mass is 35.5. The van der Waals surface area contributed by atoms with Gasteiger partial charge in [0.2, 0.25) is 5.91 Å². The van der Waals surface area contributed by atoms with E-state index in [4.69, 9.17) is 0 Å². The zero-order valence-corrected chi connectivity index (χ0v) is 17.2. The summed E-state index contributed by atoms with van der Waals surface area (Å²) in [6, 6.07) is 0. The van der Waals surface area contributed by atoms with Crippen molar-refractivity contribution in [1.29, 1.82) is 0 Å². The maximum absolute atomic E-state index is 12.3. The SMILES string of the molecule is C=CCn1c(SC(C)C(=O)NC(C)(C)C)nnc1C1CCNCC1.Cl. The number of carbonyl (C=O) groups excluding carboxylic acids is 1. The number of carbonyl (C=O) groups is 1. The number of aromatic nitrogens is 3. The van der Waals surface area contributed by atoms with Gasteiger partial charge in [0.1, 0.15) is 5.82 Å². The van der Waals surface area contributed by atoms with E-state index in [-0.39, 0.29) is 29.1 Å². The van der Waals surface area contributed by atoms with Crippen LogP contribution in [-0.4, -0.2) is 44.6 Å². The van der Waals surface area contributed by atoms with Gasteiger partial charge in [-0.05, 0) is 53.6 Å². The highest BCUT2D eigenvalue weighted by Crippen LogP contribution is 2.29. The Balaban J connectivity index is 0.00000312. The van der Waals surface area contributed by atoms with Crippen LogP contribution in [0.1, 0.15) is 52.3 Å². The second-order valence-electron chi connectivity index (χ2n) is 7.26. The van der Waals surface area contributed by atoms with Crippen LogP contribution < -0.4 is 10.6 Å². The van der Waals surface area contributed by atoms with E-state index in [0.29, 0.717) is 12.5 Å². The molecule has 0 aliphatic carbocycles. The van der Waals surface area contributed by atoms with Gasteiger partial charge < -0.3 is 15.2 Å². The lowest BCUT2D eigenvalue weighted by atomic mass is 9.97. The third-order valence-electron chi connectivity index (χ3n) is 3.91. The Hall–Kier alpha value is -1.05. The lowest BCUT2D eigenvalue weighted by Crippen LogP contribution is -2.44. The van der Waals surface area contributed by atoms with Gasteiger partial charge in [-0.25, -0.2) is 0 Å². The normalized spacial score (nSPS) is 16.8. The van der Waals surface area contributed by atoms with E-state index < -0.39 is 0 Å². The number of rotatable bonds is 6. The summed E-state index contributed by atoms with van der Waals surface area (Å²) in [5.74, 6) is 1.46. The summed E-state index contributed by atoms with van der Waals surface area (Å²) in [7, 11) is 0. The fourth-order valence-corrected chi connectivity index (χ4v) is 3.62. The van der Waals surface area contributed by atoms with Gasteiger partial charge in [-0.3, -0.25) is 4.79 Å². The van der Waals surface area contributed by atoms with Crippen molar-refractivity contribution in [3.63, 3.8) is 0 Å². The van der Waals surface area contributed by atoms with E-state index in [1.807, 2.05) is 33.8 Å². The highest BCUT2D eigenvalue weighted by Gasteiger charge is 2.26. The minimum atomic E-state index is -0.235. The Bertz CT molecular complexity index is 578. The molecule has 1 aromatic heterocycles. The van der Waals surface area contributed by atoms with Gasteiger partial charge in [0.25, 0.3) is 0 Å². The number of piperidine rings is 1. The standard InChI is InChI=1S/C17H29N5OS.ClH/c1-6-11-22-14(13-7-9-18-10-8-13)20-21-16(22)24-12(2)15(23)19-17(3,4)5;/h6,12-13,18H,1,7-11H2,2-5H3,(H,19,23);1H. The largest absolute Gasteiger partial charge is 0.351 e. The van der Waals surface area contributed by atoms with Crippen LogP contribution in [0.2, 0.25) is 0 Å². The lowest BCUT2D eigenvalue weighted by molar-refractivity contribution is -0.121. The summed E-state index contributed by atoms with van der Waals surface area (Å²) in [5.41, 5.74) is -0.235. The van der Waals surface area contributed by atoms with Gasteiger partial charge in [-0.15, -0.1) is 29.2 Å². The molecule has 0 spiro atoms. The number of amides is 1. The lowest BCUT2D eigenvalue weighted by Gasteiger charge is -2.24. The molecule has 1 aliphatic heterocycles. The molecule has 6 nitrogen and oxygen atoms in total. The van der Waals surface area contributed by atoms with E-state index in [9.17, 15) is 4.79 Å². The summed E-state index contributed by atoms with van der Waals surface area (Å²) in [4.78, 5) is 12.3. The minimum absolute atomic E-state index is 0. The molecule has 2 rings (SSSR count). The summed E-state index contributed by atoms with van der Waals surface area (Å²) in [6.07, 6.45) is 4.00. The molecule has 8 heteroatoms. The number of halogens is 1.